The van der Waals surface area contributed by atoms with Gasteiger partial charge in [-0.3, -0.25) is 15.6 Å². The molecule has 1 saturated carbocycles. The molecule has 1 aliphatic carbocycles. The third kappa shape index (κ3) is 4.32. The minimum absolute atomic E-state index is 0.0263. The summed E-state index contributed by atoms with van der Waals surface area (Å²) in [5.41, 5.74) is 8.82. The first-order valence-corrected chi connectivity index (χ1v) is 7.98. The molecule has 2 rings (SSSR count). The second-order valence-corrected chi connectivity index (χ2v) is 5.89. The lowest BCUT2D eigenvalue weighted by molar-refractivity contribution is 0.0696. The van der Waals surface area contributed by atoms with Crippen molar-refractivity contribution in [3.63, 3.8) is 0 Å². The Kier molecular flexibility index (Phi) is 5.90. The maximum absolute atomic E-state index is 12.7. The molecule has 0 heterocycles. The SMILES string of the molecule is CN(C(=O)c1cccc(N/N=C(\C#N)C(=N)N)c1)C1CCCCC1. The second-order valence-electron chi connectivity index (χ2n) is 5.89. The van der Waals surface area contributed by atoms with E-state index in [0.29, 0.717) is 17.3 Å². The lowest BCUT2D eigenvalue weighted by Crippen LogP contribution is -2.38. The average Bonchev–Trinajstić information content (AvgIpc) is 2.61. The number of rotatable bonds is 5. The molecule has 0 bridgehead atoms. The summed E-state index contributed by atoms with van der Waals surface area (Å²) >= 11 is 0. The van der Waals surface area contributed by atoms with Gasteiger partial charge < -0.3 is 10.6 Å². The van der Waals surface area contributed by atoms with E-state index in [-0.39, 0.29) is 11.6 Å². The standard InChI is InChI=1S/C17H22N6O/c1-23(14-8-3-2-4-9-14)17(24)12-6-5-7-13(10-12)21-22-15(11-18)16(19)20/h5-7,10,14,21H,2-4,8-9H2,1H3,(H3,19,20)/b22-15+. The summed E-state index contributed by atoms with van der Waals surface area (Å²) in [5, 5.41) is 19.8. The molecule has 0 atom stereocenters. The van der Waals surface area contributed by atoms with Gasteiger partial charge in [0, 0.05) is 18.7 Å². The summed E-state index contributed by atoms with van der Waals surface area (Å²) in [6, 6.07) is 8.95. The van der Waals surface area contributed by atoms with Crippen LogP contribution >= 0.6 is 0 Å². The number of hydrogen-bond acceptors (Lipinski definition) is 5. The van der Waals surface area contributed by atoms with Crippen LogP contribution in [-0.4, -0.2) is 35.4 Å². The molecule has 0 unspecified atom stereocenters. The molecule has 1 fully saturated rings. The molecule has 7 heteroatoms. The van der Waals surface area contributed by atoms with Crippen LogP contribution in [0.4, 0.5) is 5.69 Å². The number of anilines is 1. The first-order valence-electron chi connectivity index (χ1n) is 7.98. The van der Waals surface area contributed by atoms with Crippen LogP contribution in [0.5, 0.6) is 0 Å². The van der Waals surface area contributed by atoms with Crippen LogP contribution in [0.25, 0.3) is 0 Å². The van der Waals surface area contributed by atoms with E-state index in [4.69, 9.17) is 16.4 Å². The number of nitriles is 1. The predicted octanol–water partition coefficient (Wildman–Crippen LogP) is 2.32. The Morgan fingerprint density at radius 3 is 2.75 bits per heavy atom. The second kappa shape index (κ2) is 8.11. The Labute approximate surface area is 141 Å². The summed E-state index contributed by atoms with van der Waals surface area (Å²) in [4.78, 5) is 14.5. The molecule has 0 radical (unpaired) electrons. The van der Waals surface area contributed by atoms with Gasteiger partial charge in [-0.05, 0) is 31.0 Å². The zero-order valence-electron chi connectivity index (χ0n) is 13.7. The van der Waals surface area contributed by atoms with E-state index < -0.39 is 5.84 Å². The first kappa shape index (κ1) is 17.5. The van der Waals surface area contributed by atoms with Gasteiger partial charge in [0.15, 0.2) is 5.84 Å². The fourth-order valence-corrected chi connectivity index (χ4v) is 2.83. The van der Waals surface area contributed by atoms with Crippen molar-refractivity contribution in [3.05, 3.63) is 29.8 Å². The quantitative estimate of drug-likeness (QED) is 0.437. The third-order valence-electron chi connectivity index (χ3n) is 4.21. The van der Waals surface area contributed by atoms with Crippen molar-refractivity contribution in [2.24, 2.45) is 10.8 Å². The van der Waals surface area contributed by atoms with Crippen LogP contribution in [-0.2, 0) is 0 Å². The topological polar surface area (TPSA) is 118 Å². The summed E-state index contributed by atoms with van der Waals surface area (Å²) in [6.07, 6.45) is 5.68. The van der Waals surface area contributed by atoms with Gasteiger partial charge in [0.05, 0.1) is 5.69 Å². The van der Waals surface area contributed by atoms with Crippen molar-refractivity contribution in [1.82, 2.24) is 4.90 Å². The zero-order chi connectivity index (χ0) is 17.5. The zero-order valence-corrected chi connectivity index (χ0v) is 13.7. The first-order chi connectivity index (χ1) is 11.5. The monoisotopic (exact) mass is 326 g/mol. The average molecular weight is 326 g/mol. The van der Waals surface area contributed by atoms with Gasteiger partial charge in [-0.2, -0.15) is 10.4 Å². The lowest BCUT2D eigenvalue weighted by Gasteiger charge is -2.31. The van der Waals surface area contributed by atoms with Crippen molar-refractivity contribution >= 4 is 23.1 Å². The number of nitrogens with zero attached hydrogens (tertiary/aromatic N) is 3. The summed E-state index contributed by atoms with van der Waals surface area (Å²) in [5.74, 6) is -0.434. The molecule has 24 heavy (non-hydrogen) atoms. The van der Waals surface area contributed by atoms with Crippen LogP contribution in [0.15, 0.2) is 29.4 Å². The number of hydrogen-bond donors (Lipinski definition) is 3. The highest BCUT2D eigenvalue weighted by molar-refractivity contribution is 6.45. The van der Waals surface area contributed by atoms with Gasteiger partial charge in [-0.25, -0.2) is 0 Å². The largest absolute Gasteiger partial charge is 0.382 e. The van der Waals surface area contributed by atoms with Crippen molar-refractivity contribution in [3.8, 4) is 6.07 Å². The minimum atomic E-state index is -0.408. The highest BCUT2D eigenvalue weighted by atomic mass is 16.2. The Hall–Kier alpha value is -2.88. The predicted molar refractivity (Wildman–Crippen MR) is 94.0 cm³/mol. The van der Waals surface area contributed by atoms with Crippen molar-refractivity contribution in [1.29, 1.82) is 10.7 Å². The summed E-state index contributed by atoms with van der Waals surface area (Å²) < 4.78 is 0. The van der Waals surface area contributed by atoms with Crippen LogP contribution in [0, 0.1) is 16.7 Å². The number of nitrogens with one attached hydrogen (secondary N) is 2. The molecular formula is C17H22N6O. The fraction of sp³-hybridized carbons (Fsp3) is 0.412. The van der Waals surface area contributed by atoms with E-state index in [1.165, 1.54) is 19.3 Å². The lowest BCUT2D eigenvalue weighted by atomic mass is 9.94. The Morgan fingerprint density at radius 1 is 1.42 bits per heavy atom. The van der Waals surface area contributed by atoms with E-state index in [9.17, 15) is 4.79 Å². The molecule has 1 aromatic rings. The van der Waals surface area contributed by atoms with Crippen molar-refractivity contribution < 1.29 is 4.79 Å². The maximum atomic E-state index is 12.7. The Balaban J connectivity index is 2.10. The van der Waals surface area contributed by atoms with Crippen LogP contribution < -0.4 is 11.2 Å². The van der Waals surface area contributed by atoms with E-state index in [1.54, 1.807) is 30.3 Å². The Morgan fingerprint density at radius 2 is 2.12 bits per heavy atom. The molecule has 0 aromatic heterocycles. The number of nitrogens with two attached hydrogens (primary N) is 1. The van der Waals surface area contributed by atoms with E-state index in [0.717, 1.165) is 12.8 Å². The molecular weight excluding hydrogens is 304 g/mol. The number of amides is 1. The number of carbonyl (C=O) groups excluding carboxylic acids is 1. The number of hydrazone groups is 1. The number of benzene rings is 1. The van der Waals surface area contributed by atoms with Crippen LogP contribution in [0.3, 0.4) is 0 Å². The van der Waals surface area contributed by atoms with Gasteiger partial charge >= 0.3 is 0 Å². The summed E-state index contributed by atoms with van der Waals surface area (Å²) in [6.45, 7) is 0. The molecule has 1 aromatic carbocycles. The fourth-order valence-electron chi connectivity index (χ4n) is 2.83. The smallest absolute Gasteiger partial charge is 0.253 e. The van der Waals surface area contributed by atoms with Gasteiger partial charge in [0.1, 0.15) is 6.07 Å². The normalized spacial score (nSPS) is 15.4. The summed E-state index contributed by atoms with van der Waals surface area (Å²) in [7, 11) is 1.85. The molecule has 0 saturated heterocycles. The molecule has 1 aliphatic rings. The molecule has 4 N–H and O–H groups in total. The molecule has 1 amide bonds. The molecule has 0 aliphatic heterocycles. The van der Waals surface area contributed by atoms with Crippen LogP contribution in [0.2, 0.25) is 0 Å². The van der Waals surface area contributed by atoms with E-state index in [1.807, 2.05) is 11.9 Å². The maximum Gasteiger partial charge on any atom is 0.253 e. The number of amidine groups is 1. The van der Waals surface area contributed by atoms with Gasteiger partial charge in [-0.1, -0.05) is 25.3 Å². The highest BCUT2D eigenvalue weighted by Gasteiger charge is 2.23. The van der Waals surface area contributed by atoms with E-state index in [2.05, 4.69) is 10.5 Å². The van der Waals surface area contributed by atoms with Gasteiger partial charge in [0.2, 0.25) is 5.71 Å². The molecule has 126 valence electrons. The third-order valence-corrected chi connectivity index (χ3v) is 4.21. The van der Waals surface area contributed by atoms with Crippen molar-refractivity contribution in [2.75, 3.05) is 12.5 Å². The highest BCUT2D eigenvalue weighted by Crippen LogP contribution is 2.23. The van der Waals surface area contributed by atoms with Gasteiger partial charge in [-0.15, -0.1) is 0 Å². The van der Waals surface area contributed by atoms with Crippen LogP contribution in [0.1, 0.15) is 42.5 Å². The Bertz CT molecular complexity index is 685. The van der Waals surface area contributed by atoms with Crippen molar-refractivity contribution in [2.45, 2.75) is 38.1 Å². The van der Waals surface area contributed by atoms with E-state index >= 15 is 0 Å². The minimum Gasteiger partial charge on any atom is -0.382 e. The number of carbonyl (C=O) groups is 1. The van der Waals surface area contributed by atoms with Gasteiger partial charge in [0.25, 0.3) is 5.91 Å². The molecule has 7 nitrogen and oxygen atoms in total. The molecule has 0 spiro atoms.